The zero-order valence-electron chi connectivity index (χ0n) is 40.1. The number of amides is 2. The van der Waals surface area contributed by atoms with Crippen LogP contribution in [0.4, 0.5) is 23.0 Å². The van der Waals surface area contributed by atoms with E-state index in [0.717, 1.165) is 97.9 Å². The summed E-state index contributed by atoms with van der Waals surface area (Å²) in [5.74, 6) is 0.0312. The van der Waals surface area contributed by atoms with Crippen molar-refractivity contribution in [1.29, 1.82) is 0 Å². The number of fused-ring (bicyclic) bond motifs is 2. The number of aromatic hydroxyl groups is 2. The average Bonchev–Trinajstić information content (AvgIpc) is 3.99. The normalized spacial score (nSPS) is 15.6. The molecule has 3 aliphatic rings. The first-order valence-corrected chi connectivity index (χ1v) is 25.9. The molecule has 0 unspecified atom stereocenters. The van der Waals surface area contributed by atoms with Crippen LogP contribution < -0.4 is 14.9 Å². The van der Waals surface area contributed by atoms with Crippen molar-refractivity contribution < 1.29 is 28.2 Å². The van der Waals surface area contributed by atoms with Crippen molar-refractivity contribution in [1.82, 2.24) is 34.2 Å². The molecule has 10 rings (SSSR count). The molecule has 7 aromatic rings. The van der Waals surface area contributed by atoms with Crippen LogP contribution in [0.25, 0.3) is 16.8 Å². The number of nitrogens with one attached hydrogen (secondary N) is 2. The minimum absolute atomic E-state index is 0.00210. The molecule has 2 saturated heterocycles. The molecular weight excluding hydrogens is 917 g/mol. The van der Waals surface area contributed by atoms with Crippen LogP contribution in [0.1, 0.15) is 68.3 Å². The van der Waals surface area contributed by atoms with E-state index in [2.05, 4.69) is 72.2 Å². The average molecular weight is 975 g/mol. The largest absolute Gasteiger partial charge is 0.508 e. The van der Waals surface area contributed by atoms with Gasteiger partial charge in [0.25, 0.3) is 11.8 Å². The Balaban J connectivity index is 0.666. The molecule has 2 fully saturated rings. The summed E-state index contributed by atoms with van der Waals surface area (Å²) in [7, 11) is -3.42. The van der Waals surface area contributed by atoms with Gasteiger partial charge in [-0.15, -0.1) is 5.10 Å². The van der Waals surface area contributed by atoms with E-state index >= 15 is 0 Å². The van der Waals surface area contributed by atoms with Gasteiger partial charge in [0.1, 0.15) is 11.5 Å². The molecule has 4 N–H and O–H groups in total. The molecule has 71 heavy (non-hydrogen) atoms. The van der Waals surface area contributed by atoms with Crippen LogP contribution in [-0.2, 0) is 36.2 Å². The number of carbonyl (C=O) groups is 2. The third-order valence-corrected chi connectivity index (χ3v) is 14.3. The van der Waals surface area contributed by atoms with E-state index in [-0.39, 0.29) is 34.8 Å². The van der Waals surface area contributed by atoms with Crippen LogP contribution in [0.2, 0.25) is 0 Å². The van der Waals surface area contributed by atoms with Gasteiger partial charge in [0.05, 0.1) is 29.2 Å². The monoisotopic (exact) mass is 974 g/mol. The quantitative estimate of drug-likeness (QED) is 0.0897. The summed E-state index contributed by atoms with van der Waals surface area (Å²) in [6.07, 6.45) is 2.86. The zero-order chi connectivity index (χ0) is 49.4. The van der Waals surface area contributed by atoms with E-state index < -0.39 is 10.0 Å². The molecular formula is C54H58N10O6S. The smallest absolute Gasteiger partial charge is 0.258 e. The number of phenols is 2. The second kappa shape index (κ2) is 19.7. The Bertz CT molecular complexity index is 3220. The number of aromatic nitrogens is 3. The molecule has 0 radical (unpaired) electrons. The number of anilines is 4. The molecule has 0 atom stereocenters. The van der Waals surface area contributed by atoms with Gasteiger partial charge in [0, 0.05) is 113 Å². The van der Waals surface area contributed by atoms with E-state index in [1.54, 1.807) is 39.9 Å². The molecule has 2 aromatic heterocycles. The number of benzene rings is 5. The third-order valence-electron chi connectivity index (χ3n) is 13.7. The summed E-state index contributed by atoms with van der Waals surface area (Å²) in [5.41, 5.74) is 11.0. The lowest BCUT2D eigenvalue weighted by atomic mass is 9.98. The lowest BCUT2D eigenvalue weighted by Gasteiger charge is -2.36. The number of carbonyl (C=O) groups excluding carboxylic acids is 2. The molecule has 17 heteroatoms. The Morgan fingerprint density at radius 3 is 2.07 bits per heavy atom. The summed E-state index contributed by atoms with van der Waals surface area (Å²) in [6, 6.07) is 36.6. The Kier molecular flexibility index (Phi) is 13.1. The number of piperazine rings is 2. The van der Waals surface area contributed by atoms with Crippen molar-refractivity contribution in [3.05, 3.63) is 160 Å². The molecule has 5 heterocycles. The first-order chi connectivity index (χ1) is 34.2. The SMILES string of the molecule is CC(C)c1cc(C(=O)N2Cc3ccc(CN4CCN(Cc5ccc(C(=O)N6CCN(c7ccc(Nc8ncc9ccc(-c%10cccc(NS(C)(=O)=O)c%10)n9n8)cc7)CC6)cc5)CC4)cc3C2)c(O)cc1O. The molecule has 0 bridgehead atoms. The summed E-state index contributed by atoms with van der Waals surface area (Å²) in [5, 5.41) is 28.8. The Morgan fingerprint density at radius 1 is 0.676 bits per heavy atom. The van der Waals surface area contributed by atoms with Crippen molar-refractivity contribution in [3.8, 4) is 22.8 Å². The fraction of sp³-hybridized carbons (Fsp3) is 0.296. The van der Waals surface area contributed by atoms with Crippen molar-refractivity contribution in [2.75, 3.05) is 73.6 Å². The minimum atomic E-state index is -3.42. The second-order valence-electron chi connectivity index (χ2n) is 19.1. The first-order valence-electron chi connectivity index (χ1n) is 24.0. The van der Waals surface area contributed by atoms with Gasteiger partial charge in [-0.3, -0.25) is 24.1 Å². The van der Waals surface area contributed by atoms with Crippen LogP contribution in [-0.4, -0.2) is 123 Å². The third kappa shape index (κ3) is 10.7. The van der Waals surface area contributed by atoms with Gasteiger partial charge < -0.3 is 30.2 Å². The molecule has 16 nitrogen and oxygen atoms in total. The molecule has 5 aromatic carbocycles. The first kappa shape index (κ1) is 47.2. The highest BCUT2D eigenvalue weighted by molar-refractivity contribution is 7.92. The van der Waals surface area contributed by atoms with Crippen LogP contribution in [0.15, 0.2) is 121 Å². The van der Waals surface area contributed by atoms with Crippen LogP contribution in [0.3, 0.4) is 0 Å². The van der Waals surface area contributed by atoms with Gasteiger partial charge in [-0.05, 0) is 100 Å². The predicted octanol–water partition coefficient (Wildman–Crippen LogP) is 7.48. The van der Waals surface area contributed by atoms with Crippen LogP contribution in [0, 0.1) is 0 Å². The lowest BCUT2D eigenvalue weighted by molar-refractivity contribution is 0.0740. The maximum atomic E-state index is 13.6. The Hall–Kier alpha value is -7.47. The zero-order valence-corrected chi connectivity index (χ0v) is 40.9. The molecule has 2 amide bonds. The van der Waals surface area contributed by atoms with E-state index in [1.165, 1.54) is 17.2 Å². The molecule has 0 saturated carbocycles. The molecule has 0 spiro atoms. The minimum Gasteiger partial charge on any atom is -0.508 e. The second-order valence-corrected chi connectivity index (χ2v) is 20.9. The fourth-order valence-corrected chi connectivity index (χ4v) is 10.4. The molecule has 366 valence electrons. The van der Waals surface area contributed by atoms with E-state index in [4.69, 9.17) is 5.10 Å². The number of hydrogen-bond donors (Lipinski definition) is 4. The van der Waals surface area contributed by atoms with Gasteiger partial charge in [0.15, 0.2) is 0 Å². The topological polar surface area (TPSA) is 179 Å². The summed E-state index contributed by atoms with van der Waals surface area (Å²) < 4.78 is 27.9. The molecule has 3 aliphatic heterocycles. The fourth-order valence-electron chi connectivity index (χ4n) is 9.83. The summed E-state index contributed by atoms with van der Waals surface area (Å²) in [6.45, 7) is 13.0. The highest BCUT2D eigenvalue weighted by Gasteiger charge is 2.29. The van der Waals surface area contributed by atoms with Gasteiger partial charge in [0.2, 0.25) is 16.0 Å². The maximum absolute atomic E-state index is 13.6. The van der Waals surface area contributed by atoms with Crippen molar-refractivity contribution in [2.45, 2.75) is 45.9 Å². The van der Waals surface area contributed by atoms with Gasteiger partial charge >= 0.3 is 0 Å². The lowest BCUT2D eigenvalue weighted by Crippen LogP contribution is -2.48. The van der Waals surface area contributed by atoms with E-state index in [0.29, 0.717) is 48.9 Å². The number of phenolic OH excluding ortho intramolecular Hbond substituents is 2. The Morgan fingerprint density at radius 2 is 1.37 bits per heavy atom. The molecule has 0 aliphatic carbocycles. The number of rotatable bonds is 13. The van der Waals surface area contributed by atoms with Crippen molar-refractivity contribution in [2.24, 2.45) is 0 Å². The number of sulfonamides is 1. The highest BCUT2D eigenvalue weighted by Crippen LogP contribution is 2.35. The van der Waals surface area contributed by atoms with Crippen molar-refractivity contribution in [3.63, 3.8) is 0 Å². The standard InChI is InChI=1S/C54H58N10O6S/c1-36(2)47-29-48(51(66)30-50(47)65)53(68)63-34-41-12-9-38(27-42(41)35-63)33-60-21-19-59(20-22-60)32-37-7-10-39(11-8-37)52(67)62-25-23-61(24-26-62)45-15-13-43(14-16-45)56-54-55-31-46-17-18-49(64(46)57-54)40-5-4-6-44(28-40)58-71(3,69)70/h4-18,27-31,36,58,65-66H,19-26,32-35H2,1-3H3,(H,56,57). The van der Waals surface area contributed by atoms with Crippen molar-refractivity contribution >= 4 is 50.4 Å². The Labute approximate surface area is 413 Å². The predicted molar refractivity (Wildman–Crippen MR) is 276 cm³/mol. The summed E-state index contributed by atoms with van der Waals surface area (Å²) in [4.78, 5) is 42.5. The highest BCUT2D eigenvalue weighted by atomic mass is 32.2. The van der Waals surface area contributed by atoms with Gasteiger partial charge in [-0.1, -0.05) is 56.3 Å². The van der Waals surface area contributed by atoms with Crippen LogP contribution in [0.5, 0.6) is 11.5 Å². The van der Waals surface area contributed by atoms with Crippen LogP contribution >= 0.6 is 0 Å². The van der Waals surface area contributed by atoms with E-state index in [1.807, 2.05) is 61.2 Å². The maximum Gasteiger partial charge on any atom is 0.258 e. The van der Waals surface area contributed by atoms with Gasteiger partial charge in [-0.2, -0.15) is 0 Å². The van der Waals surface area contributed by atoms with E-state index in [9.17, 15) is 28.2 Å². The van der Waals surface area contributed by atoms with Gasteiger partial charge in [-0.25, -0.2) is 17.9 Å². The summed E-state index contributed by atoms with van der Waals surface area (Å²) >= 11 is 0. The number of hydrogen-bond acceptors (Lipinski definition) is 12. The number of nitrogens with zero attached hydrogens (tertiary/aromatic N) is 8.